The van der Waals surface area contributed by atoms with E-state index in [1.165, 1.54) is 6.42 Å². The maximum atomic E-state index is 3.22. The van der Waals surface area contributed by atoms with Crippen LogP contribution in [-0.2, 0) is 0 Å². The highest BCUT2D eigenvalue weighted by Gasteiger charge is 2.09. The maximum Gasteiger partial charge on any atom is 0.0130 e. The fourth-order valence-corrected chi connectivity index (χ4v) is 1.18. The van der Waals surface area contributed by atoms with E-state index in [4.69, 9.17) is 0 Å². The molecule has 0 amide bonds. The lowest BCUT2D eigenvalue weighted by molar-refractivity contribution is 0.334. The highest BCUT2D eigenvalue weighted by Crippen LogP contribution is 2.12. The predicted molar refractivity (Wildman–Crippen MR) is 50.3 cm³/mol. The number of hydrogen-bond acceptors (Lipinski definition) is 2. The SMILES string of the molecule is CCNNCC(CC)C(C)C. The van der Waals surface area contributed by atoms with Crippen molar-refractivity contribution in [3.63, 3.8) is 0 Å². The van der Waals surface area contributed by atoms with Gasteiger partial charge in [0.25, 0.3) is 0 Å². The summed E-state index contributed by atoms with van der Waals surface area (Å²) in [5.41, 5.74) is 6.34. The number of nitrogens with one attached hydrogen (secondary N) is 2. The molecule has 0 saturated heterocycles. The molecule has 0 fully saturated rings. The second-order valence-electron chi connectivity index (χ2n) is 3.32. The van der Waals surface area contributed by atoms with Gasteiger partial charge in [0.1, 0.15) is 0 Å². The van der Waals surface area contributed by atoms with Gasteiger partial charge in [-0.2, -0.15) is 0 Å². The van der Waals surface area contributed by atoms with Gasteiger partial charge in [-0.05, 0) is 11.8 Å². The van der Waals surface area contributed by atoms with Crippen LogP contribution >= 0.6 is 0 Å². The summed E-state index contributed by atoms with van der Waals surface area (Å²) < 4.78 is 0. The predicted octanol–water partition coefficient (Wildman–Crippen LogP) is 1.78. The van der Waals surface area contributed by atoms with E-state index in [2.05, 4.69) is 38.5 Å². The molecule has 0 aliphatic rings. The first-order valence-corrected chi connectivity index (χ1v) is 4.68. The molecule has 0 saturated carbocycles. The summed E-state index contributed by atoms with van der Waals surface area (Å²) in [7, 11) is 0. The third-order valence-electron chi connectivity index (χ3n) is 2.13. The molecule has 0 aromatic rings. The van der Waals surface area contributed by atoms with E-state index in [9.17, 15) is 0 Å². The first-order valence-electron chi connectivity index (χ1n) is 4.68. The van der Waals surface area contributed by atoms with Crippen LogP contribution in [0.4, 0.5) is 0 Å². The minimum absolute atomic E-state index is 0.783. The van der Waals surface area contributed by atoms with Crippen molar-refractivity contribution in [2.45, 2.75) is 34.1 Å². The first kappa shape index (κ1) is 10.9. The summed E-state index contributed by atoms with van der Waals surface area (Å²) in [4.78, 5) is 0. The van der Waals surface area contributed by atoms with Crippen molar-refractivity contribution in [1.29, 1.82) is 0 Å². The number of rotatable bonds is 6. The summed E-state index contributed by atoms with van der Waals surface area (Å²) in [6.45, 7) is 11.0. The van der Waals surface area contributed by atoms with E-state index in [1.807, 2.05) is 0 Å². The Morgan fingerprint density at radius 3 is 2.09 bits per heavy atom. The van der Waals surface area contributed by atoms with Gasteiger partial charge < -0.3 is 0 Å². The summed E-state index contributed by atoms with van der Waals surface area (Å²) in [5.74, 6) is 1.58. The standard InChI is InChI=1S/C9H22N2/c1-5-9(8(3)4)7-11-10-6-2/h8-11H,5-7H2,1-4H3. The zero-order valence-corrected chi connectivity index (χ0v) is 8.28. The first-order chi connectivity index (χ1) is 5.22. The zero-order valence-electron chi connectivity index (χ0n) is 8.28. The van der Waals surface area contributed by atoms with E-state index in [-0.39, 0.29) is 0 Å². The minimum atomic E-state index is 0.783. The molecule has 0 aliphatic heterocycles. The summed E-state index contributed by atoms with van der Waals surface area (Å²) in [5, 5.41) is 0. The molecule has 0 rings (SSSR count). The largest absolute Gasteiger partial charge is 0.258 e. The van der Waals surface area contributed by atoms with Gasteiger partial charge in [-0.3, -0.25) is 10.9 Å². The Hall–Kier alpha value is -0.0800. The van der Waals surface area contributed by atoms with Crippen LogP contribution < -0.4 is 10.9 Å². The monoisotopic (exact) mass is 158 g/mol. The van der Waals surface area contributed by atoms with Crippen LogP contribution in [-0.4, -0.2) is 13.1 Å². The Morgan fingerprint density at radius 2 is 1.73 bits per heavy atom. The molecule has 2 nitrogen and oxygen atoms in total. The molecule has 11 heavy (non-hydrogen) atoms. The second kappa shape index (κ2) is 6.62. The Balaban J connectivity index is 3.36. The molecule has 68 valence electrons. The van der Waals surface area contributed by atoms with Crippen LogP contribution in [0.15, 0.2) is 0 Å². The van der Waals surface area contributed by atoms with Gasteiger partial charge in [0.05, 0.1) is 0 Å². The summed E-state index contributed by atoms with van der Waals surface area (Å²) in [6, 6.07) is 0. The molecule has 0 radical (unpaired) electrons. The third kappa shape index (κ3) is 5.22. The quantitative estimate of drug-likeness (QED) is 0.455. The second-order valence-corrected chi connectivity index (χ2v) is 3.32. The van der Waals surface area contributed by atoms with Crippen molar-refractivity contribution in [2.75, 3.05) is 13.1 Å². The Bertz CT molecular complexity index is 81.6. The van der Waals surface area contributed by atoms with Gasteiger partial charge >= 0.3 is 0 Å². The molecule has 0 aromatic heterocycles. The van der Waals surface area contributed by atoms with Crippen LogP contribution in [0.5, 0.6) is 0 Å². The fraction of sp³-hybridized carbons (Fsp3) is 1.00. The molecular weight excluding hydrogens is 136 g/mol. The Kier molecular flexibility index (Phi) is 6.57. The fourth-order valence-electron chi connectivity index (χ4n) is 1.18. The van der Waals surface area contributed by atoms with E-state index >= 15 is 0 Å². The molecule has 1 unspecified atom stereocenters. The average molecular weight is 158 g/mol. The lowest BCUT2D eigenvalue weighted by Gasteiger charge is -2.19. The van der Waals surface area contributed by atoms with Crippen molar-refractivity contribution in [3.8, 4) is 0 Å². The lowest BCUT2D eigenvalue weighted by atomic mass is 9.94. The van der Waals surface area contributed by atoms with E-state index < -0.39 is 0 Å². The molecule has 0 aliphatic carbocycles. The number of hydrogen-bond donors (Lipinski definition) is 2. The van der Waals surface area contributed by atoms with E-state index in [0.717, 1.165) is 24.9 Å². The van der Waals surface area contributed by atoms with E-state index in [1.54, 1.807) is 0 Å². The molecule has 0 bridgehead atoms. The Morgan fingerprint density at radius 1 is 1.09 bits per heavy atom. The smallest absolute Gasteiger partial charge is 0.0130 e. The van der Waals surface area contributed by atoms with Gasteiger partial charge in [0, 0.05) is 13.1 Å². The highest BCUT2D eigenvalue weighted by atomic mass is 15.3. The van der Waals surface area contributed by atoms with E-state index in [0.29, 0.717) is 0 Å². The average Bonchev–Trinajstić information content (AvgIpc) is 1.97. The van der Waals surface area contributed by atoms with Gasteiger partial charge in [-0.15, -0.1) is 0 Å². The van der Waals surface area contributed by atoms with Crippen LogP contribution in [0, 0.1) is 11.8 Å². The van der Waals surface area contributed by atoms with Gasteiger partial charge in [-0.1, -0.05) is 34.1 Å². The zero-order chi connectivity index (χ0) is 8.69. The van der Waals surface area contributed by atoms with Crippen LogP contribution in [0.25, 0.3) is 0 Å². The lowest BCUT2D eigenvalue weighted by Crippen LogP contribution is -2.36. The third-order valence-corrected chi connectivity index (χ3v) is 2.13. The molecule has 0 spiro atoms. The molecule has 2 heteroatoms. The van der Waals surface area contributed by atoms with Gasteiger partial charge in [0.2, 0.25) is 0 Å². The molecule has 1 atom stereocenters. The van der Waals surface area contributed by atoms with Crippen molar-refractivity contribution in [3.05, 3.63) is 0 Å². The number of hydrazine groups is 1. The summed E-state index contributed by atoms with van der Waals surface area (Å²) in [6.07, 6.45) is 1.26. The van der Waals surface area contributed by atoms with Crippen molar-refractivity contribution in [1.82, 2.24) is 10.9 Å². The molecule has 2 N–H and O–H groups in total. The molecule has 0 heterocycles. The van der Waals surface area contributed by atoms with Crippen LogP contribution in [0.3, 0.4) is 0 Å². The van der Waals surface area contributed by atoms with Crippen LogP contribution in [0.2, 0.25) is 0 Å². The van der Waals surface area contributed by atoms with Crippen molar-refractivity contribution < 1.29 is 0 Å². The maximum absolute atomic E-state index is 3.22. The topological polar surface area (TPSA) is 24.1 Å². The summed E-state index contributed by atoms with van der Waals surface area (Å²) >= 11 is 0. The molecular formula is C9H22N2. The highest BCUT2D eigenvalue weighted by molar-refractivity contribution is 4.62. The Labute approximate surface area is 70.7 Å². The van der Waals surface area contributed by atoms with Gasteiger partial charge in [0.15, 0.2) is 0 Å². The minimum Gasteiger partial charge on any atom is -0.258 e. The van der Waals surface area contributed by atoms with Crippen LogP contribution in [0.1, 0.15) is 34.1 Å². The van der Waals surface area contributed by atoms with Gasteiger partial charge in [-0.25, -0.2) is 0 Å². The normalized spacial score (nSPS) is 13.9. The van der Waals surface area contributed by atoms with Crippen molar-refractivity contribution in [2.24, 2.45) is 11.8 Å². The molecule has 0 aromatic carbocycles. The van der Waals surface area contributed by atoms with Crippen molar-refractivity contribution >= 4 is 0 Å².